The zero-order valence-corrected chi connectivity index (χ0v) is 13.4. The third-order valence-electron chi connectivity index (χ3n) is 3.14. The molecule has 0 atom stereocenters. The van der Waals surface area contributed by atoms with Crippen molar-refractivity contribution in [1.82, 2.24) is 9.97 Å². The highest BCUT2D eigenvalue weighted by Gasteiger charge is 2.30. The highest BCUT2D eigenvalue weighted by Crippen LogP contribution is 2.32. The minimum Gasteiger partial charge on any atom is -0.308 e. The Kier molecular flexibility index (Phi) is 4.66. The second-order valence-corrected chi connectivity index (χ2v) is 5.79. The van der Waals surface area contributed by atoms with Crippen LogP contribution in [0.4, 0.5) is 29.5 Å². The lowest BCUT2D eigenvalue weighted by Crippen LogP contribution is -2.19. The monoisotopic (exact) mass is 364 g/mol. The maximum absolute atomic E-state index is 12.6. The number of rotatable bonds is 3. The molecule has 9 heteroatoms. The number of anilines is 2. The van der Waals surface area contributed by atoms with Gasteiger partial charge in [0, 0.05) is 29.0 Å². The van der Waals surface area contributed by atoms with Crippen LogP contribution in [-0.4, -0.2) is 16.0 Å². The number of amides is 2. The molecule has 0 radical (unpaired) electrons. The molecule has 3 aromatic rings. The molecular formula is C16H11F3N4OS. The van der Waals surface area contributed by atoms with Crippen molar-refractivity contribution in [2.75, 3.05) is 10.6 Å². The number of aromatic nitrogens is 2. The van der Waals surface area contributed by atoms with Gasteiger partial charge in [0.25, 0.3) is 0 Å². The number of alkyl halides is 3. The van der Waals surface area contributed by atoms with Crippen molar-refractivity contribution >= 4 is 28.9 Å². The first-order valence-electron chi connectivity index (χ1n) is 7.03. The lowest BCUT2D eigenvalue weighted by atomic mass is 10.1. The molecular weight excluding hydrogens is 353 g/mol. The van der Waals surface area contributed by atoms with E-state index >= 15 is 0 Å². The van der Waals surface area contributed by atoms with E-state index in [2.05, 4.69) is 20.6 Å². The molecule has 1 aromatic carbocycles. The topological polar surface area (TPSA) is 66.9 Å². The summed E-state index contributed by atoms with van der Waals surface area (Å²) in [4.78, 5) is 19.9. The van der Waals surface area contributed by atoms with Crippen LogP contribution in [0.15, 0.2) is 54.2 Å². The molecule has 0 spiro atoms. The number of hydrogen-bond acceptors (Lipinski definition) is 4. The number of nitrogens with one attached hydrogen (secondary N) is 2. The van der Waals surface area contributed by atoms with E-state index in [0.29, 0.717) is 22.1 Å². The zero-order valence-electron chi connectivity index (χ0n) is 12.5. The van der Waals surface area contributed by atoms with Gasteiger partial charge in [-0.3, -0.25) is 10.3 Å². The van der Waals surface area contributed by atoms with Crippen molar-refractivity contribution in [1.29, 1.82) is 0 Å². The van der Waals surface area contributed by atoms with Crippen molar-refractivity contribution in [3.05, 3.63) is 59.7 Å². The van der Waals surface area contributed by atoms with Gasteiger partial charge in [-0.15, -0.1) is 11.3 Å². The van der Waals surface area contributed by atoms with Gasteiger partial charge in [0.05, 0.1) is 5.56 Å². The van der Waals surface area contributed by atoms with E-state index in [1.54, 1.807) is 29.9 Å². The van der Waals surface area contributed by atoms with E-state index < -0.39 is 17.8 Å². The van der Waals surface area contributed by atoms with E-state index in [9.17, 15) is 18.0 Å². The zero-order chi connectivity index (χ0) is 17.9. The molecule has 2 N–H and O–H groups in total. The Balaban J connectivity index is 1.67. The Morgan fingerprint density at radius 1 is 1.00 bits per heavy atom. The molecule has 0 aliphatic rings. The molecule has 2 heterocycles. The van der Waals surface area contributed by atoms with Gasteiger partial charge in [-0.2, -0.15) is 13.2 Å². The minimum absolute atomic E-state index is 0.312. The van der Waals surface area contributed by atoms with Gasteiger partial charge in [0.2, 0.25) is 0 Å². The number of nitrogens with zero attached hydrogens (tertiary/aromatic N) is 2. The number of carbonyl (C=O) groups excluding carboxylic acids is 1. The van der Waals surface area contributed by atoms with Gasteiger partial charge in [-0.25, -0.2) is 9.78 Å². The molecule has 0 bridgehead atoms. The lowest BCUT2D eigenvalue weighted by molar-refractivity contribution is -0.137. The van der Waals surface area contributed by atoms with Crippen LogP contribution < -0.4 is 10.6 Å². The molecule has 0 fully saturated rings. The number of benzene rings is 1. The Morgan fingerprint density at radius 2 is 1.68 bits per heavy atom. The summed E-state index contributed by atoms with van der Waals surface area (Å²) < 4.78 is 37.7. The second kappa shape index (κ2) is 6.89. The fourth-order valence-corrected chi connectivity index (χ4v) is 2.74. The molecule has 5 nitrogen and oxygen atoms in total. The number of hydrogen-bond donors (Lipinski definition) is 2. The summed E-state index contributed by atoms with van der Waals surface area (Å²) >= 11 is 1.22. The SMILES string of the molecule is O=C(Nc1ccncc1)Nc1csc(-c2ccc(C(F)(F)F)cc2)n1. The first kappa shape index (κ1) is 16.9. The Bertz CT molecular complexity index is 863. The number of pyridine rings is 1. The molecule has 0 aliphatic carbocycles. The standard InChI is InChI=1S/C16H11F3N4OS/c17-16(18,19)11-3-1-10(2-4-11)14-22-13(9-25-14)23-15(24)21-12-5-7-20-8-6-12/h1-9H,(H2,20,21,23,24). The number of halogens is 3. The first-order chi connectivity index (χ1) is 11.9. The summed E-state index contributed by atoms with van der Waals surface area (Å²) in [5, 5.41) is 7.30. The fourth-order valence-electron chi connectivity index (χ4n) is 1.98. The average Bonchev–Trinajstić information content (AvgIpc) is 3.03. The third-order valence-corrected chi connectivity index (χ3v) is 4.03. The smallest absolute Gasteiger partial charge is 0.308 e. The summed E-state index contributed by atoms with van der Waals surface area (Å²) in [6, 6.07) is 7.49. The average molecular weight is 364 g/mol. The van der Waals surface area contributed by atoms with E-state index in [4.69, 9.17) is 0 Å². The molecule has 2 amide bonds. The van der Waals surface area contributed by atoms with Gasteiger partial charge in [-0.1, -0.05) is 12.1 Å². The van der Waals surface area contributed by atoms with E-state index in [-0.39, 0.29) is 0 Å². The number of carbonyl (C=O) groups is 1. The second-order valence-electron chi connectivity index (χ2n) is 4.93. The van der Waals surface area contributed by atoms with Crippen molar-refractivity contribution in [3.8, 4) is 10.6 Å². The van der Waals surface area contributed by atoms with Crippen LogP contribution in [0.25, 0.3) is 10.6 Å². The molecule has 0 aliphatic heterocycles. The lowest BCUT2D eigenvalue weighted by Gasteiger charge is -2.06. The molecule has 128 valence electrons. The molecule has 0 saturated carbocycles. The van der Waals surface area contributed by atoms with Gasteiger partial charge in [-0.05, 0) is 24.3 Å². The third kappa shape index (κ3) is 4.32. The Labute approximate surface area is 144 Å². The van der Waals surface area contributed by atoms with Crippen LogP contribution in [0.5, 0.6) is 0 Å². The maximum Gasteiger partial charge on any atom is 0.416 e. The van der Waals surface area contributed by atoms with E-state index in [0.717, 1.165) is 12.1 Å². The van der Waals surface area contributed by atoms with Crippen LogP contribution in [0, 0.1) is 0 Å². The van der Waals surface area contributed by atoms with Crippen molar-refractivity contribution in [3.63, 3.8) is 0 Å². The van der Waals surface area contributed by atoms with Gasteiger partial charge < -0.3 is 5.32 Å². The number of urea groups is 1. The summed E-state index contributed by atoms with van der Waals surface area (Å²) in [5.41, 5.74) is 0.397. The molecule has 0 saturated heterocycles. The predicted molar refractivity (Wildman–Crippen MR) is 89.4 cm³/mol. The van der Waals surface area contributed by atoms with E-state index in [1.807, 2.05) is 0 Å². The highest BCUT2D eigenvalue weighted by atomic mass is 32.1. The summed E-state index contributed by atoms with van der Waals surface area (Å²) in [6.07, 6.45) is -1.29. The first-order valence-corrected chi connectivity index (χ1v) is 7.91. The number of thiazole rings is 1. The van der Waals surface area contributed by atoms with Crippen molar-refractivity contribution in [2.24, 2.45) is 0 Å². The largest absolute Gasteiger partial charge is 0.416 e. The van der Waals surface area contributed by atoms with Crippen molar-refractivity contribution < 1.29 is 18.0 Å². The summed E-state index contributed by atoms with van der Waals surface area (Å²) in [5.74, 6) is 0.312. The molecule has 2 aromatic heterocycles. The molecule has 3 rings (SSSR count). The van der Waals surface area contributed by atoms with Crippen molar-refractivity contribution in [2.45, 2.75) is 6.18 Å². The summed E-state index contributed by atoms with van der Waals surface area (Å²) in [6.45, 7) is 0. The fraction of sp³-hybridized carbons (Fsp3) is 0.0625. The van der Waals surface area contributed by atoms with Gasteiger partial charge in [0.1, 0.15) is 10.8 Å². The summed E-state index contributed by atoms with van der Waals surface area (Å²) in [7, 11) is 0. The van der Waals surface area contributed by atoms with Gasteiger partial charge >= 0.3 is 12.2 Å². The van der Waals surface area contributed by atoms with E-state index in [1.165, 1.54) is 23.5 Å². The maximum atomic E-state index is 12.6. The van der Waals surface area contributed by atoms with Crippen LogP contribution in [-0.2, 0) is 6.18 Å². The quantitative estimate of drug-likeness (QED) is 0.697. The van der Waals surface area contributed by atoms with Gasteiger partial charge in [0.15, 0.2) is 0 Å². The van der Waals surface area contributed by atoms with Crippen LogP contribution >= 0.6 is 11.3 Å². The Hall–Kier alpha value is -2.94. The normalized spacial score (nSPS) is 11.2. The minimum atomic E-state index is -4.38. The molecule has 25 heavy (non-hydrogen) atoms. The predicted octanol–water partition coefficient (Wildman–Crippen LogP) is 4.87. The Morgan fingerprint density at radius 3 is 2.32 bits per heavy atom. The van der Waals surface area contributed by atoms with Crippen LogP contribution in [0.2, 0.25) is 0 Å². The molecule has 0 unspecified atom stereocenters. The highest BCUT2D eigenvalue weighted by molar-refractivity contribution is 7.13. The van der Waals surface area contributed by atoms with Crippen LogP contribution in [0.3, 0.4) is 0 Å². The van der Waals surface area contributed by atoms with Crippen LogP contribution in [0.1, 0.15) is 5.56 Å².